The lowest BCUT2D eigenvalue weighted by atomic mass is 10.0. The van der Waals surface area contributed by atoms with Gasteiger partial charge in [-0.05, 0) is 79.3 Å². The predicted molar refractivity (Wildman–Crippen MR) is 153 cm³/mol. The highest BCUT2D eigenvalue weighted by Gasteiger charge is 2.42. The molecule has 5 rings (SSSR count). The number of halogens is 2. The summed E-state index contributed by atoms with van der Waals surface area (Å²) in [4.78, 5) is 6.63. The van der Waals surface area contributed by atoms with E-state index in [1.807, 2.05) is 53.4 Å². The average molecular weight is 599 g/mol. The van der Waals surface area contributed by atoms with Crippen LogP contribution in [0.15, 0.2) is 81.8 Å². The maximum atomic E-state index is 6.60. The van der Waals surface area contributed by atoms with Gasteiger partial charge in [0.25, 0.3) is 0 Å². The first-order valence-electron chi connectivity index (χ1n) is 11.7. The van der Waals surface area contributed by atoms with E-state index in [0.29, 0.717) is 29.1 Å². The third-order valence-electron chi connectivity index (χ3n) is 6.15. The Bertz CT molecular complexity index is 1420. The number of benzene rings is 2. The van der Waals surface area contributed by atoms with Crippen molar-refractivity contribution in [2.75, 3.05) is 25.2 Å². The second-order valence-electron chi connectivity index (χ2n) is 8.64. The van der Waals surface area contributed by atoms with Crippen molar-refractivity contribution in [3.05, 3.63) is 99.4 Å². The lowest BCUT2D eigenvalue weighted by molar-refractivity contribution is 0.146. The minimum atomic E-state index is -0.295. The van der Waals surface area contributed by atoms with E-state index in [1.54, 1.807) is 13.3 Å². The molecule has 0 spiro atoms. The summed E-state index contributed by atoms with van der Waals surface area (Å²) in [7, 11) is 1.63. The Balaban J connectivity index is 1.54. The topological polar surface area (TPSA) is 59.8 Å². The molecule has 1 saturated heterocycles. The Labute approximate surface area is 234 Å². The summed E-state index contributed by atoms with van der Waals surface area (Å²) in [6.45, 7) is 2.94. The fourth-order valence-corrected chi connectivity index (χ4v) is 5.65. The number of rotatable bonds is 8. The van der Waals surface area contributed by atoms with E-state index in [9.17, 15) is 0 Å². The molecule has 2 unspecified atom stereocenters. The van der Waals surface area contributed by atoms with Crippen LogP contribution in [-0.2, 0) is 4.74 Å². The maximum absolute atomic E-state index is 6.60. The number of anilines is 1. The third-order valence-corrected chi connectivity index (χ3v) is 7.41. The number of aromatic nitrogens is 1. The quantitative estimate of drug-likeness (QED) is 0.169. The fraction of sp³-hybridized carbons (Fsp3) is 0.214. The number of methoxy groups -OCH3 is 1. The SMILES string of the molecule is COCCOc1ccc(N2C(=S)NC(c3ccccn3)C2c2ccc(-c3ccc(C)cc3Br)o2)cc1Cl. The van der Waals surface area contributed by atoms with Gasteiger partial charge in [0.1, 0.15) is 29.9 Å². The van der Waals surface area contributed by atoms with E-state index in [2.05, 4.69) is 51.4 Å². The first kappa shape index (κ1) is 25.7. The summed E-state index contributed by atoms with van der Waals surface area (Å²) in [5, 5.41) is 4.49. The number of thiocarbonyl (C=S) groups is 1. The second-order valence-corrected chi connectivity index (χ2v) is 10.3. The minimum absolute atomic E-state index is 0.231. The van der Waals surface area contributed by atoms with Crippen LogP contribution < -0.4 is 15.0 Å². The lowest BCUT2D eigenvalue weighted by Gasteiger charge is -2.26. The maximum Gasteiger partial charge on any atom is 0.174 e. The van der Waals surface area contributed by atoms with E-state index >= 15 is 0 Å². The van der Waals surface area contributed by atoms with Crippen molar-refractivity contribution < 1.29 is 13.9 Å². The lowest BCUT2D eigenvalue weighted by Crippen LogP contribution is -2.29. The van der Waals surface area contributed by atoms with Crippen molar-refractivity contribution in [2.24, 2.45) is 0 Å². The molecule has 1 N–H and O–H groups in total. The molecule has 6 nitrogen and oxygen atoms in total. The van der Waals surface area contributed by atoms with Gasteiger partial charge in [-0.1, -0.05) is 39.7 Å². The zero-order chi connectivity index (χ0) is 25.9. The minimum Gasteiger partial charge on any atom is -0.490 e. The monoisotopic (exact) mass is 597 g/mol. The molecule has 2 aromatic heterocycles. The highest BCUT2D eigenvalue weighted by Crippen LogP contribution is 2.44. The summed E-state index contributed by atoms with van der Waals surface area (Å²) in [5.74, 6) is 2.10. The normalized spacial score (nSPS) is 17.2. The predicted octanol–water partition coefficient (Wildman–Crippen LogP) is 7.27. The molecule has 0 bridgehead atoms. The molecule has 1 aliphatic heterocycles. The number of hydrogen-bond donors (Lipinski definition) is 1. The van der Waals surface area contributed by atoms with Crippen LogP contribution in [-0.4, -0.2) is 30.4 Å². The van der Waals surface area contributed by atoms with Crippen molar-refractivity contribution in [1.29, 1.82) is 0 Å². The number of nitrogens with one attached hydrogen (secondary N) is 1. The second kappa shape index (κ2) is 11.2. The largest absolute Gasteiger partial charge is 0.490 e. The van der Waals surface area contributed by atoms with E-state index in [-0.39, 0.29) is 12.1 Å². The van der Waals surface area contributed by atoms with Crippen LogP contribution in [0.4, 0.5) is 5.69 Å². The number of hydrogen-bond acceptors (Lipinski definition) is 5. The summed E-state index contributed by atoms with van der Waals surface area (Å²) in [6.07, 6.45) is 1.78. The first-order chi connectivity index (χ1) is 18.0. The standard InChI is InChI=1S/C28H25BrClN3O3S/c1-17-6-8-19(20(29)15-17)23-10-11-25(36-23)27-26(22-5-3-4-12-31-22)32-28(37)33(27)18-7-9-24(21(30)16-18)35-14-13-34-2/h3-12,15-16,26-27H,13-14H2,1-2H3,(H,32,37). The molecular weight excluding hydrogens is 574 g/mol. The van der Waals surface area contributed by atoms with Crippen molar-refractivity contribution in [3.63, 3.8) is 0 Å². The van der Waals surface area contributed by atoms with Gasteiger partial charge in [-0.25, -0.2) is 0 Å². The van der Waals surface area contributed by atoms with E-state index in [1.165, 1.54) is 5.56 Å². The first-order valence-corrected chi connectivity index (χ1v) is 13.3. The Hall–Kier alpha value is -2.91. The van der Waals surface area contributed by atoms with Crippen LogP contribution in [0.3, 0.4) is 0 Å². The van der Waals surface area contributed by atoms with Crippen LogP contribution in [0.1, 0.15) is 29.1 Å². The van der Waals surface area contributed by atoms with Crippen molar-refractivity contribution in [3.8, 4) is 17.1 Å². The van der Waals surface area contributed by atoms with Gasteiger partial charge in [0.15, 0.2) is 5.11 Å². The molecule has 37 heavy (non-hydrogen) atoms. The van der Waals surface area contributed by atoms with Crippen LogP contribution in [0, 0.1) is 6.92 Å². The molecule has 0 amide bonds. The van der Waals surface area contributed by atoms with Gasteiger partial charge in [0, 0.05) is 29.0 Å². The molecule has 190 valence electrons. The molecule has 3 heterocycles. The van der Waals surface area contributed by atoms with Crippen molar-refractivity contribution in [1.82, 2.24) is 10.3 Å². The summed E-state index contributed by atoms with van der Waals surface area (Å²) < 4.78 is 18.3. The van der Waals surface area contributed by atoms with Crippen molar-refractivity contribution in [2.45, 2.75) is 19.0 Å². The van der Waals surface area contributed by atoms with Gasteiger partial charge >= 0.3 is 0 Å². The summed E-state index contributed by atoms with van der Waals surface area (Å²) in [5.41, 5.74) is 3.82. The number of ether oxygens (including phenoxy) is 2. The fourth-order valence-electron chi connectivity index (χ4n) is 4.39. The molecule has 0 saturated carbocycles. The third kappa shape index (κ3) is 5.38. The molecule has 4 aromatic rings. The molecule has 0 aliphatic carbocycles. The Morgan fingerprint density at radius 1 is 1.11 bits per heavy atom. The van der Waals surface area contributed by atoms with Crippen LogP contribution in [0.5, 0.6) is 5.75 Å². The number of furan rings is 1. The van der Waals surface area contributed by atoms with Gasteiger partial charge in [0.2, 0.25) is 0 Å². The molecular formula is C28H25BrClN3O3S. The number of aryl methyl sites for hydroxylation is 1. The number of pyridine rings is 1. The Morgan fingerprint density at radius 2 is 1.97 bits per heavy atom. The van der Waals surface area contributed by atoms with Gasteiger partial charge < -0.3 is 24.1 Å². The van der Waals surface area contributed by atoms with Gasteiger partial charge in [-0.15, -0.1) is 0 Å². The van der Waals surface area contributed by atoms with Crippen LogP contribution in [0.2, 0.25) is 5.02 Å². The van der Waals surface area contributed by atoms with Gasteiger partial charge in [-0.3, -0.25) is 4.98 Å². The average Bonchev–Trinajstić information content (AvgIpc) is 3.50. The zero-order valence-corrected chi connectivity index (χ0v) is 23.4. The highest BCUT2D eigenvalue weighted by molar-refractivity contribution is 9.10. The highest BCUT2D eigenvalue weighted by atomic mass is 79.9. The number of nitrogens with zero attached hydrogens (tertiary/aromatic N) is 2. The smallest absolute Gasteiger partial charge is 0.174 e. The van der Waals surface area contributed by atoms with Crippen LogP contribution in [0.25, 0.3) is 11.3 Å². The molecule has 2 atom stereocenters. The molecule has 9 heteroatoms. The van der Waals surface area contributed by atoms with E-state index < -0.39 is 0 Å². The van der Waals surface area contributed by atoms with E-state index in [4.69, 9.17) is 37.7 Å². The molecule has 1 fully saturated rings. The van der Waals surface area contributed by atoms with Crippen molar-refractivity contribution >= 4 is 50.5 Å². The molecule has 2 aromatic carbocycles. The van der Waals surface area contributed by atoms with E-state index in [0.717, 1.165) is 32.9 Å². The van der Waals surface area contributed by atoms with Gasteiger partial charge in [0.05, 0.1) is 23.4 Å². The molecule has 1 aliphatic rings. The zero-order valence-electron chi connectivity index (χ0n) is 20.3. The van der Waals surface area contributed by atoms with Gasteiger partial charge in [-0.2, -0.15) is 0 Å². The van der Waals surface area contributed by atoms with Crippen LogP contribution >= 0.6 is 39.7 Å². The summed E-state index contributed by atoms with van der Waals surface area (Å²) in [6, 6.07) is 21.1. The summed E-state index contributed by atoms with van der Waals surface area (Å²) >= 11 is 16.1. The Morgan fingerprint density at radius 3 is 2.70 bits per heavy atom. The Kier molecular flexibility index (Phi) is 7.81. The molecule has 0 radical (unpaired) electrons.